The Balaban J connectivity index is 1.59. The summed E-state index contributed by atoms with van der Waals surface area (Å²) in [5.74, 6) is -0.294. The predicted octanol–water partition coefficient (Wildman–Crippen LogP) is 3.19. The first kappa shape index (κ1) is 16.7. The van der Waals surface area contributed by atoms with Gasteiger partial charge in [0.25, 0.3) is 5.91 Å². The van der Waals surface area contributed by atoms with Gasteiger partial charge >= 0.3 is 0 Å². The van der Waals surface area contributed by atoms with Gasteiger partial charge in [0.1, 0.15) is 0 Å². The number of hydrogen-bond donors (Lipinski definition) is 3. The summed E-state index contributed by atoms with van der Waals surface area (Å²) in [6.07, 6.45) is 1.66. The summed E-state index contributed by atoms with van der Waals surface area (Å²) in [6.45, 7) is 2.80. The fourth-order valence-corrected chi connectivity index (χ4v) is 2.39. The molecule has 1 aromatic heterocycles. The van der Waals surface area contributed by atoms with E-state index in [0.29, 0.717) is 18.7 Å². The van der Waals surface area contributed by atoms with E-state index in [1.54, 1.807) is 12.4 Å². The van der Waals surface area contributed by atoms with Gasteiger partial charge in [-0.1, -0.05) is 42.5 Å². The lowest BCUT2D eigenvalue weighted by molar-refractivity contribution is 0.0234. The molecule has 1 amide bonds. The summed E-state index contributed by atoms with van der Waals surface area (Å²) >= 11 is 0. The van der Waals surface area contributed by atoms with Crippen LogP contribution < -0.4 is 10.8 Å². The number of hydrogen-bond acceptors (Lipinski definition) is 4. The highest BCUT2D eigenvalue weighted by atomic mass is 16.6. The highest BCUT2D eigenvalue weighted by Gasteiger charge is 2.11. The van der Waals surface area contributed by atoms with Crippen LogP contribution >= 0.6 is 0 Å². The maximum Gasteiger partial charge on any atom is 0.276 e. The molecule has 0 aliphatic carbocycles. The number of hydroxylamine groups is 1. The van der Waals surface area contributed by atoms with Crippen molar-refractivity contribution in [3.63, 3.8) is 0 Å². The quantitative estimate of drug-likeness (QED) is 0.579. The van der Waals surface area contributed by atoms with Crippen molar-refractivity contribution in [2.24, 2.45) is 0 Å². The van der Waals surface area contributed by atoms with E-state index in [9.17, 15) is 4.79 Å². The van der Waals surface area contributed by atoms with Crippen molar-refractivity contribution in [2.75, 3.05) is 5.32 Å². The molecule has 0 bridgehead atoms. The van der Waals surface area contributed by atoms with Gasteiger partial charge in [0.05, 0.1) is 30.7 Å². The van der Waals surface area contributed by atoms with Crippen LogP contribution in [0.2, 0.25) is 0 Å². The van der Waals surface area contributed by atoms with Crippen LogP contribution in [0.5, 0.6) is 0 Å². The molecule has 0 spiro atoms. The zero-order valence-electron chi connectivity index (χ0n) is 14.0. The number of para-hydroxylation sites is 1. The second kappa shape index (κ2) is 8.12. The molecular formula is C19H20N4O2. The Bertz CT molecular complexity index is 830. The molecule has 0 unspecified atom stereocenters. The molecule has 0 aliphatic heterocycles. The molecule has 0 atom stereocenters. The molecule has 0 saturated carbocycles. The standard InChI is InChI=1S/C19H20N4O2/c1-14-18(22-13-21-14)11-20-17-10-6-5-9-16(17)19(24)23-25-12-15-7-3-2-4-8-15/h2-10,13,20H,11-12H2,1H3,(H,21,22)(H,23,24). The van der Waals surface area contributed by atoms with Crippen molar-refractivity contribution in [3.8, 4) is 0 Å². The molecule has 3 N–H and O–H groups in total. The topological polar surface area (TPSA) is 79.0 Å². The van der Waals surface area contributed by atoms with Crippen LogP contribution in [0, 0.1) is 6.92 Å². The number of H-pyrrole nitrogens is 1. The van der Waals surface area contributed by atoms with Crippen LogP contribution in [0.15, 0.2) is 60.9 Å². The Labute approximate surface area is 146 Å². The van der Waals surface area contributed by atoms with E-state index in [-0.39, 0.29) is 5.91 Å². The largest absolute Gasteiger partial charge is 0.379 e. The van der Waals surface area contributed by atoms with Gasteiger partial charge < -0.3 is 10.3 Å². The molecule has 0 radical (unpaired) electrons. The molecule has 3 rings (SSSR count). The first-order valence-corrected chi connectivity index (χ1v) is 8.02. The fourth-order valence-electron chi connectivity index (χ4n) is 2.39. The lowest BCUT2D eigenvalue weighted by Gasteiger charge is -2.12. The molecule has 6 nitrogen and oxygen atoms in total. The van der Waals surface area contributed by atoms with Gasteiger partial charge in [0.2, 0.25) is 0 Å². The van der Waals surface area contributed by atoms with Crippen LogP contribution in [0.3, 0.4) is 0 Å². The Morgan fingerprint density at radius 1 is 1.12 bits per heavy atom. The number of amides is 1. The third-order valence-electron chi connectivity index (χ3n) is 3.80. The molecule has 0 fully saturated rings. The van der Waals surface area contributed by atoms with Crippen molar-refractivity contribution < 1.29 is 9.63 Å². The lowest BCUT2D eigenvalue weighted by atomic mass is 10.1. The van der Waals surface area contributed by atoms with Crippen LogP contribution in [-0.2, 0) is 18.0 Å². The Hall–Kier alpha value is -3.12. The smallest absolute Gasteiger partial charge is 0.276 e. The number of aryl methyl sites for hydroxylation is 1. The maximum atomic E-state index is 12.4. The number of nitrogens with zero attached hydrogens (tertiary/aromatic N) is 1. The number of nitrogens with one attached hydrogen (secondary N) is 3. The summed E-state index contributed by atoms with van der Waals surface area (Å²) in [6, 6.07) is 17.0. The van der Waals surface area contributed by atoms with E-state index in [4.69, 9.17) is 4.84 Å². The van der Waals surface area contributed by atoms with Crippen LogP contribution in [0.1, 0.15) is 27.3 Å². The number of aromatic nitrogens is 2. The van der Waals surface area contributed by atoms with Crippen molar-refractivity contribution in [3.05, 3.63) is 83.4 Å². The molecule has 6 heteroatoms. The molecule has 1 heterocycles. The van der Waals surface area contributed by atoms with Gasteiger partial charge in [-0.25, -0.2) is 10.5 Å². The average molecular weight is 336 g/mol. The van der Waals surface area contributed by atoms with Crippen molar-refractivity contribution in [2.45, 2.75) is 20.1 Å². The zero-order valence-corrected chi connectivity index (χ0v) is 14.0. The molecule has 128 valence electrons. The summed E-state index contributed by atoms with van der Waals surface area (Å²) in [5, 5.41) is 3.25. The van der Waals surface area contributed by atoms with Crippen molar-refractivity contribution in [1.82, 2.24) is 15.4 Å². The summed E-state index contributed by atoms with van der Waals surface area (Å²) in [5.41, 5.74) is 6.64. The Morgan fingerprint density at radius 2 is 1.88 bits per heavy atom. The van der Waals surface area contributed by atoms with Crippen LogP contribution in [0.25, 0.3) is 0 Å². The SMILES string of the molecule is Cc1[nH]cnc1CNc1ccccc1C(=O)NOCc1ccccc1. The average Bonchev–Trinajstić information content (AvgIpc) is 3.06. The van der Waals surface area contributed by atoms with Crippen LogP contribution in [0.4, 0.5) is 5.69 Å². The number of rotatable bonds is 7. The molecular weight excluding hydrogens is 316 g/mol. The highest BCUT2D eigenvalue weighted by molar-refractivity contribution is 5.98. The first-order chi connectivity index (χ1) is 12.2. The number of anilines is 1. The number of carbonyl (C=O) groups is 1. The minimum Gasteiger partial charge on any atom is -0.379 e. The molecule has 2 aromatic carbocycles. The molecule has 0 aliphatic rings. The van der Waals surface area contributed by atoms with Gasteiger partial charge in [-0.05, 0) is 24.6 Å². The Morgan fingerprint density at radius 3 is 2.64 bits per heavy atom. The summed E-state index contributed by atoms with van der Waals surface area (Å²) in [7, 11) is 0. The van der Waals surface area contributed by atoms with Gasteiger partial charge in [0, 0.05) is 11.4 Å². The predicted molar refractivity (Wildman–Crippen MR) is 95.8 cm³/mol. The van der Waals surface area contributed by atoms with Crippen molar-refractivity contribution >= 4 is 11.6 Å². The fraction of sp³-hybridized carbons (Fsp3) is 0.158. The Kier molecular flexibility index (Phi) is 5.43. The summed E-state index contributed by atoms with van der Waals surface area (Å²) < 4.78 is 0. The van der Waals surface area contributed by atoms with Gasteiger partial charge in [-0.3, -0.25) is 9.63 Å². The van der Waals surface area contributed by atoms with E-state index >= 15 is 0 Å². The van der Waals surface area contributed by atoms with Gasteiger partial charge in [-0.2, -0.15) is 0 Å². The van der Waals surface area contributed by atoms with Gasteiger partial charge in [-0.15, -0.1) is 0 Å². The number of benzene rings is 2. The normalized spacial score (nSPS) is 10.4. The number of carbonyl (C=O) groups excluding carboxylic acids is 1. The van der Waals surface area contributed by atoms with E-state index < -0.39 is 0 Å². The first-order valence-electron chi connectivity index (χ1n) is 8.02. The van der Waals surface area contributed by atoms with Gasteiger partial charge in [0.15, 0.2) is 0 Å². The molecule has 25 heavy (non-hydrogen) atoms. The van der Waals surface area contributed by atoms with Crippen molar-refractivity contribution in [1.29, 1.82) is 0 Å². The second-order valence-electron chi connectivity index (χ2n) is 5.58. The number of imidazole rings is 1. The third-order valence-corrected chi connectivity index (χ3v) is 3.80. The lowest BCUT2D eigenvalue weighted by Crippen LogP contribution is -2.24. The van der Waals surface area contributed by atoms with E-state index in [1.165, 1.54) is 0 Å². The molecule has 3 aromatic rings. The van der Waals surface area contributed by atoms with Crippen LogP contribution in [-0.4, -0.2) is 15.9 Å². The monoisotopic (exact) mass is 336 g/mol. The maximum absolute atomic E-state index is 12.4. The molecule has 0 saturated heterocycles. The second-order valence-corrected chi connectivity index (χ2v) is 5.58. The highest BCUT2D eigenvalue weighted by Crippen LogP contribution is 2.16. The van der Waals surface area contributed by atoms with E-state index in [1.807, 2.05) is 55.5 Å². The minimum absolute atomic E-state index is 0.294. The third kappa shape index (κ3) is 4.45. The summed E-state index contributed by atoms with van der Waals surface area (Å²) in [4.78, 5) is 25.0. The van der Waals surface area contributed by atoms with E-state index in [2.05, 4.69) is 20.8 Å². The van der Waals surface area contributed by atoms with E-state index in [0.717, 1.165) is 22.6 Å². The minimum atomic E-state index is -0.294. The zero-order chi connectivity index (χ0) is 17.5. The number of aromatic amines is 1.